The molecule has 0 unspecified atom stereocenters. The van der Waals surface area contributed by atoms with Crippen LogP contribution in [0.5, 0.6) is 0 Å². The van der Waals surface area contributed by atoms with Crippen molar-refractivity contribution in [3.8, 4) is 0 Å². The van der Waals surface area contributed by atoms with Gasteiger partial charge in [0.1, 0.15) is 0 Å². The maximum atomic E-state index is 13.3. The van der Waals surface area contributed by atoms with Gasteiger partial charge in [0.2, 0.25) is 0 Å². The van der Waals surface area contributed by atoms with Crippen LogP contribution in [0.25, 0.3) is 0 Å². The number of benzene rings is 1. The summed E-state index contributed by atoms with van der Waals surface area (Å²) >= 11 is 0. The van der Waals surface area contributed by atoms with Crippen LogP contribution in [-0.4, -0.2) is 16.3 Å². The van der Waals surface area contributed by atoms with Crippen LogP contribution in [0.2, 0.25) is 0 Å². The Hall–Kier alpha value is -1.98. The predicted octanol–water partition coefficient (Wildman–Crippen LogP) is 2.72. The molecule has 1 N–H and O–H groups in total. The Morgan fingerprint density at radius 2 is 2.00 bits per heavy atom. The van der Waals surface area contributed by atoms with Crippen LogP contribution < -0.4 is 5.32 Å². The van der Waals surface area contributed by atoms with E-state index in [-0.39, 0.29) is 5.69 Å². The normalized spacial score (nSPS) is 10.7. The molecule has 0 radical (unpaired) electrons. The summed E-state index contributed by atoms with van der Waals surface area (Å²) in [7, 11) is 0. The molecule has 3 nitrogen and oxygen atoms in total. The number of nitrogens with one attached hydrogen (secondary N) is 1. The first kappa shape index (κ1) is 12.5. The molecule has 0 saturated carbocycles. The highest BCUT2D eigenvalue weighted by Gasteiger charge is 2.12. The van der Waals surface area contributed by atoms with Crippen LogP contribution in [0.3, 0.4) is 0 Å². The summed E-state index contributed by atoms with van der Waals surface area (Å²) in [5, 5.41) is 6.75. The third kappa shape index (κ3) is 2.64. The highest BCUT2D eigenvalue weighted by molar-refractivity contribution is 5.45. The summed E-state index contributed by atoms with van der Waals surface area (Å²) in [5.41, 5.74) is 0.965. The summed E-state index contributed by atoms with van der Waals surface area (Å²) in [6.45, 7) is 2.78. The molecule has 2 rings (SSSR count). The van der Waals surface area contributed by atoms with Gasteiger partial charge in [0.15, 0.2) is 17.5 Å². The molecule has 0 saturated heterocycles. The van der Waals surface area contributed by atoms with E-state index in [4.69, 9.17) is 0 Å². The third-order valence-electron chi connectivity index (χ3n) is 2.45. The minimum absolute atomic E-state index is 0.0576. The molecule has 0 spiro atoms. The van der Waals surface area contributed by atoms with Crippen molar-refractivity contribution in [1.82, 2.24) is 9.78 Å². The Kier molecular flexibility index (Phi) is 3.55. The number of aromatic nitrogens is 2. The lowest BCUT2D eigenvalue weighted by Crippen LogP contribution is -2.12. The van der Waals surface area contributed by atoms with Crippen LogP contribution >= 0.6 is 0 Å². The van der Waals surface area contributed by atoms with Gasteiger partial charge in [0.05, 0.1) is 18.4 Å². The highest BCUT2D eigenvalue weighted by Crippen LogP contribution is 2.19. The van der Waals surface area contributed by atoms with Crippen molar-refractivity contribution in [3.63, 3.8) is 0 Å². The standard InChI is InChI=1S/C12H12F3N3/c1-8-6-17-18(7-8)5-4-16-10-3-2-9(13)11(14)12(10)15/h2-3,6-7,16H,4-5H2,1H3. The zero-order valence-electron chi connectivity index (χ0n) is 9.75. The topological polar surface area (TPSA) is 29.9 Å². The minimum Gasteiger partial charge on any atom is -0.381 e. The maximum Gasteiger partial charge on any atom is 0.196 e. The van der Waals surface area contributed by atoms with E-state index in [9.17, 15) is 13.2 Å². The van der Waals surface area contributed by atoms with E-state index in [0.29, 0.717) is 13.1 Å². The summed E-state index contributed by atoms with van der Waals surface area (Å²) in [5.74, 6) is -3.86. The summed E-state index contributed by atoms with van der Waals surface area (Å²) < 4.78 is 40.6. The second-order valence-corrected chi connectivity index (χ2v) is 3.93. The lowest BCUT2D eigenvalue weighted by molar-refractivity contribution is 0.448. The minimum atomic E-state index is -1.46. The van der Waals surface area contributed by atoms with Crippen LogP contribution in [0, 0.1) is 24.4 Å². The van der Waals surface area contributed by atoms with Crippen molar-refractivity contribution in [2.75, 3.05) is 11.9 Å². The Labute approximate surface area is 102 Å². The van der Waals surface area contributed by atoms with E-state index < -0.39 is 17.5 Å². The lowest BCUT2D eigenvalue weighted by atomic mass is 10.3. The second kappa shape index (κ2) is 5.12. The Bertz CT molecular complexity index is 551. The molecule has 0 aliphatic carbocycles. The fourth-order valence-electron chi connectivity index (χ4n) is 1.56. The Morgan fingerprint density at radius 3 is 2.67 bits per heavy atom. The van der Waals surface area contributed by atoms with Crippen molar-refractivity contribution in [2.24, 2.45) is 0 Å². The van der Waals surface area contributed by atoms with Gasteiger partial charge in [0.25, 0.3) is 0 Å². The molecule has 96 valence electrons. The lowest BCUT2D eigenvalue weighted by Gasteiger charge is -2.08. The molecular formula is C12H12F3N3. The number of anilines is 1. The van der Waals surface area contributed by atoms with Gasteiger partial charge in [-0.1, -0.05) is 0 Å². The molecule has 18 heavy (non-hydrogen) atoms. The molecule has 0 aliphatic rings. The zero-order valence-corrected chi connectivity index (χ0v) is 9.75. The van der Waals surface area contributed by atoms with Crippen molar-refractivity contribution in [2.45, 2.75) is 13.5 Å². The first-order chi connectivity index (χ1) is 8.58. The fourth-order valence-corrected chi connectivity index (χ4v) is 1.56. The number of aryl methyl sites for hydroxylation is 1. The summed E-state index contributed by atoms with van der Waals surface area (Å²) in [4.78, 5) is 0. The van der Waals surface area contributed by atoms with E-state index in [1.54, 1.807) is 10.9 Å². The highest BCUT2D eigenvalue weighted by atomic mass is 19.2. The number of halogens is 3. The van der Waals surface area contributed by atoms with E-state index in [1.807, 2.05) is 13.1 Å². The fraction of sp³-hybridized carbons (Fsp3) is 0.250. The molecule has 0 fully saturated rings. The Balaban J connectivity index is 1.96. The third-order valence-corrected chi connectivity index (χ3v) is 2.45. The second-order valence-electron chi connectivity index (χ2n) is 3.93. The average Bonchev–Trinajstić information content (AvgIpc) is 2.75. The SMILES string of the molecule is Cc1cnn(CCNc2ccc(F)c(F)c2F)c1. The van der Waals surface area contributed by atoms with Gasteiger partial charge in [-0.3, -0.25) is 4.68 Å². The van der Waals surface area contributed by atoms with Gasteiger partial charge < -0.3 is 5.32 Å². The average molecular weight is 255 g/mol. The van der Waals surface area contributed by atoms with Crippen LogP contribution in [0.4, 0.5) is 18.9 Å². The largest absolute Gasteiger partial charge is 0.381 e. The number of nitrogens with zero attached hydrogens (tertiary/aromatic N) is 2. The summed E-state index contributed by atoms with van der Waals surface area (Å²) in [6.07, 6.45) is 3.54. The van der Waals surface area contributed by atoms with Crippen molar-refractivity contribution in [1.29, 1.82) is 0 Å². The zero-order chi connectivity index (χ0) is 13.1. The summed E-state index contributed by atoms with van der Waals surface area (Å²) in [6, 6.07) is 2.06. The van der Waals surface area contributed by atoms with E-state index in [2.05, 4.69) is 10.4 Å². The molecule has 1 aromatic carbocycles. The number of hydrogen-bond acceptors (Lipinski definition) is 2. The maximum absolute atomic E-state index is 13.3. The van der Waals surface area contributed by atoms with Crippen molar-refractivity contribution >= 4 is 5.69 Å². The number of hydrogen-bond donors (Lipinski definition) is 1. The van der Waals surface area contributed by atoms with Crippen molar-refractivity contribution in [3.05, 3.63) is 47.5 Å². The quantitative estimate of drug-likeness (QED) is 0.851. The van der Waals surface area contributed by atoms with Gasteiger partial charge in [-0.25, -0.2) is 13.2 Å². The van der Waals surface area contributed by atoms with Crippen LogP contribution in [-0.2, 0) is 6.54 Å². The molecular weight excluding hydrogens is 243 g/mol. The molecule has 1 heterocycles. The number of rotatable bonds is 4. The molecule has 1 aromatic heterocycles. The molecule has 0 aliphatic heterocycles. The molecule has 6 heteroatoms. The van der Waals surface area contributed by atoms with E-state index in [1.165, 1.54) is 6.07 Å². The van der Waals surface area contributed by atoms with E-state index in [0.717, 1.165) is 11.6 Å². The first-order valence-corrected chi connectivity index (χ1v) is 5.44. The molecule has 0 amide bonds. The first-order valence-electron chi connectivity index (χ1n) is 5.44. The predicted molar refractivity (Wildman–Crippen MR) is 61.8 cm³/mol. The van der Waals surface area contributed by atoms with Gasteiger partial charge in [-0.15, -0.1) is 0 Å². The van der Waals surface area contributed by atoms with Gasteiger partial charge in [0, 0.05) is 12.7 Å². The van der Waals surface area contributed by atoms with E-state index >= 15 is 0 Å². The van der Waals surface area contributed by atoms with Crippen molar-refractivity contribution < 1.29 is 13.2 Å². The molecule has 0 atom stereocenters. The van der Waals surface area contributed by atoms with Gasteiger partial charge in [-0.05, 0) is 24.6 Å². The smallest absolute Gasteiger partial charge is 0.196 e. The van der Waals surface area contributed by atoms with Crippen LogP contribution in [0.1, 0.15) is 5.56 Å². The van der Waals surface area contributed by atoms with Gasteiger partial charge >= 0.3 is 0 Å². The molecule has 2 aromatic rings. The molecule has 0 bridgehead atoms. The monoisotopic (exact) mass is 255 g/mol. The van der Waals surface area contributed by atoms with Gasteiger partial charge in [-0.2, -0.15) is 5.10 Å². The Morgan fingerprint density at radius 1 is 1.22 bits per heavy atom. The van der Waals surface area contributed by atoms with Crippen LogP contribution in [0.15, 0.2) is 24.5 Å².